The van der Waals surface area contributed by atoms with Crippen LogP contribution in [0.5, 0.6) is 0 Å². The predicted molar refractivity (Wildman–Crippen MR) is 582 cm³/mol. The van der Waals surface area contributed by atoms with Gasteiger partial charge in [-0.1, -0.05) is 399 Å². The van der Waals surface area contributed by atoms with Crippen LogP contribution in [0.3, 0.4) is 0 Å². The van der Waals surface area contributed by atoms with Crippen LogP contribution < -0.4 is 0 Å². The van der Waals surface area contributed by atoms with E-state index >= 15 is 0 Å². The summed E-state index contributed by atoms with van der Waals surface area (Å²) in [6, 6.07) is 165. The zero-order chi connectivity index (χ0) is 91.1. The summed E-state index contributed by atoms with van der Waals surface area (Å²) in [5.41, 5.74) is 46.8. The first-order valence-electron chi connectivity index (χ1n) is 46.6. The summed E-state index contributed by atoms with van der Waals surface area (Å²) in [5.74, 6) is 0. The molecule has 0 saturated heterocycles. The molecule has 0 amide bonds. The largest absolute Gasteiger partial charge is 0.309 e. The normalized spacial score (nSPS) is 13.3. The van der Waals surface area contributed by atoms with Crippen LogP contribution in [0.2, 0.25) is 0 Å². The third-order valence-electron chi connectivity index (χ3n) is 29.0. The minimum absolute atomic E-state index is 0.0259. The van der Waals surface area contributed by atoms with Gasteiger partial charge in [0.05, 0.1) is 44.5 Å². The van der Waals surface area contributed by atoms with Gasteiger partial charge in [0.15, 0.2) is 0 Å². The average molecular weight is 1920 g/mol. The molecule has 3 heterocycles. The van der Waals surface area contributed by atoms with E-state index in [9.17, 15) is 0 Å². The highest BCUT2D eigenvalue weighted by Crippen LogP contribution is 2.57. The summed E-state index contributed by atoms with van der Waals surface area (Å²) < 4.78 is 10.7. The van der Waals surface area contributed by atoms with Crippen LogP contribution in [0.1, 0.15) is 74.9 Å². The van der Waals surface area contributed by atoms with Crippen LogP contribution >= 0.6 is 47.8 Å². The van der Waals surface area contributed by atoms with E-state index in [1.165, 1.54) is 238 Å². The van der Waals surface area contributed by atoms with Crippen molar-refractivity contribution in [1.82, 2.24) is 13.7 Å². The highest BCUT2D eigenvalue weighted by atomic mass is 79.9. The van der Waals surface area contributed by atoms with Gasteiger partial charge in [0, 0.05) is 67.7 Å². The molecular weight excluding hydrogens is 1830 g/mol. The minimum atomic E-state index is -0.122. The second-order valence-electron chi connectivity index (χ2n) is 37.8. The molecule has 0 spiro atoms. The van der Waals surface area contributed by atoms with E-state index in [0.29, 0.717) is 0 Å². The summed E-state index contributed by atoms with van der Waals surface area (Å²) >= 11 is 10.7. The molecule has 0 radical (unpaired) electrons. The van der Waals surface area contributed by atoms with Gasteiger partial charge >= 0.3 is 0 Å². The zero-order valence-corrected chi connectivity index (χ0v) is 80.5. The van der Waals surface area contributed by atoms with Gasteiger partial charge in [-0.25, -0.2) is 0 Å². The van der Waals surface area contributed by atoms with E-state index in [1.807, 2.05) is 0 Å². The number of para-hydroxylation sites is 2. The lowest BCUT2D eigenvalue weighted by molar-refractivity contribution is 0.656. The maximum absolute atomic E-state index is 3.58. The SMILES string of the molecule is CC1(C)c2ccccc2-c2c(-c3cccc(-n4c5ccccc5c5cc(-c6cccc(-c7ccc(Br)cc7)c6)ccc54)c3)cccc21.CC1(C)c2ccccc2-c2cccc(-n3c4ccc(-c5ccccc5)cc4c4cc(-c5cccc(-c6ccc(Br)cc6)c5)ccc43)c21.CC1(C)c2ccccc2-c2cccc(-n3c4ccccc4c4cc(-c5cccc(-c6ccc(Br)cc6)c5)ccc43)c21. The van der Waals surface area contributed by atoms with Crippen LogP contribution in [-0.4, -0.2) is 13.7 Å². The molecule has 23 aromatic rings. The van der Waals surface area contributed by atoms with Crippen molar-refractivity contribution in [2.75, 3.05) is 0 Å². The fourth-order valence-electron chi connectivity index (χ4n) is 22.5. The van der Waals surface area contributed by atoms with Gasteiger partial charge in [-0.3, -0.25) is 0 Å². The molecule has 3 nitrogen and oxygen atoms in total. The number of rotatable bonds is 11. The number of hydrogen-bond acceptors (Lipinski definition) is 0. The van der Waals surface area contributed by atoms with Crippen LogP contribution in [0.15, 0.2) is 462 Å². The first kappa shape index (κ1) is 83.3. The van der Waals surface area contributed by atoms with Gasteiger partial charge in [-0.05, 0) is 295 Å². The molecule has 0 unspecified atom stereocenters. The molecule has 0 bridgehead atoms. The summed E-state index contributed by atoms with van der Waals surface area (Å²) in [7, 11) is 0. The van der Waals surface area contributed by atoms with E-state index in [2.05, 4.69) is 552 Å². The number of hydrogen-bond donors (Lipinski definition) is 0. The van der Waals surface area contributed by atoms with Crippen molar-refractivity contribution in [3.05, 3.63) is 496 Å². The molecule has 26 rings (SSSR count). The number of benzene rings is 20. The number of fused-ring (bicyclic) bond motifs is 18. The van der Waals surface area contributed by atoms with E-state index < -0.39 is 0 Å². The van der Waals surface area contributed by atoms with Gasteiger partial charge in [0.1, 0.15) is 0 Å². The van der Waals surface area contributed by atoms with Crippen molar-refractivity contribution >= 4 is 113 Å². The fourth-order valence-corrected chi connectivity index (χ4v) is 23.3. The molecule has 20 aromatic carbocycles. The Kier molecular flexibility index (Phi) is 20.5. The number of halogens is 3. The molecule has 3 aliphatic rings. The maximum Gasteiger partial charge on any atom is 0.0541 e. The summed E-state index contributed by atoms with van der Waals surface area (Å²) in [6.07, 6.45) is 0. The first-order chi connectivity index (χ1) is 65.9. The van der Waals surface area contributed by atoms with Crippen molar-refractivity contribution in [3.63, 3.8) is 0 Å². The van der Waals surface area contributed by atoms with E-state index in [1.54, 1.807) is 0 Å². The van der Waals surface area contributed by atoms with Crippen molar-refractivity contribution < 1.29 is 0 Å². The summed E-state index contributed by atoms with van der Waals surface area (Å²) in [6.45, 7) is 14.2. The smallest absolute Gasteiger partial charge is 0.0541 e. The van der Waals surface area contributed by atoms with Crippen molar-refractivity contribution in [1.29, 1.82) is 0 Å². The van der Waals surface area contributed by atoms with Gasteiger partial charge in [-0.2, -0.15) is 0 Å². The molecule has 0 saturated carbocycles. The third kappa shape index (κ3) is 14.2. The van der Waals surface area contributed by atoms with E-state index in [4.69, 9.17) is 0 Å². The van der Waals surface area contributed by atoms with Gasteiger partial charge < -0.3 is 13.7 Å². The second kappa shape index (κ2) is 33.2. The zero-order valence-electron chi connectivity index (χ0n) is 75.7. The Morgan fingerprint density at radius 2 is 0.444 bits per heavy atom. The molecule has 0 fully saturated rings. The third-order valence-corrected chi connectivity index (χ3v) is 30.5. The van der Waals surface area contributed by atoms with Crippen LogP contribution in [-0.2, 0) is 16.2 Å². The Hall–Kier alpha value is -14.8. The Morgan fingerprint density at radius 3 is 0.889 bits per heavy atom. The van der Waals surface area contributed by atoms with Gasteiger partial charge in [0.2, 0.25) is 0 Å². The van der Waals surface area contributed by atoms with Crippen LogP contribution in [0.4, 0.5) is 0 Å². The lowest BCUT2D eigenvalue weighted by atomic mass is 9.81. The quantitative estimate of drug-likeness (QED) is 0.123. The maximum atomic E-state index is 3.58. The van der Waals surface area contributed by atoms with Gasteiger partial charge in [-0.15, -0.1) is 0 Å². The topological polar surface area (TPSA) is 14.8 Å². The molecule has 0 N–H and O–H groups in total. The van der Waals surface area contributed by atoms with Crippen LogP contribution in [0.25, 0.3) is 205 Å². The second-order valence-corrected chi connectivity index (χ2v) is 40.5. The highest BCUT2D eigenvalue weighted by molar-refractivity contribution is 9.11. The van der Waals surface area contributed by atoms with Crippen molar-refractivity contribution in [2.24, 2.45) is 0 Å². The molecule has 3 aliphatic carbocycles. The Labute approximate surface area is 813 Å². The Balaban J connectivity index is 0.000000111. The molecule has 6 heteroatoms. The fraction of sp³-hybridized carbons (Fsp3) is 0.0698. The molecule has 644 valence electrons. The molecule has 3 aromatic heterocycles. The average Bonchev–Trinajstić information content (AvgIpc) is 1.55. The molecule has 135 heavy (non-hydrogen) atoms. The highest BCUT2D eigenvalue weighted by Gasteiger charge is 2.41. The molecular formula is C129H92Br3N3. The minimum Gasteiger partial charge on any atom is -0.309 e. The molecule has 0 aliphatic heterocycles. The van der Waals surface area contributed by atoms with E-state index in [-0.39, 0.29) is 16.2 Å². The molecule has 0 atom stereocenters. The summed E-state index contributed by atoms with van der Waals surface area (Å²) in [4.78, 5) is 0. The van der Waals surface area contributed by atoms with E-state index in [0.717, 1.165) is 13.4 Å². The Morgan fingerprint density at radius 1 is 0.170 bits per heavy atom. The number of aromatic nitrogens is 3. The first-order valence-corrected chi connectivity index (χ1v) is 48.9. The standard InChI is InChI=1S/2C45H32BrN.C39H28BrN/c1-45(2)40-17-5-3-15-38(40)44-36(16-9-18-41(44)45)33-12-8-13-35(27-33)47-42-19-6-4-14-37(42)39-28-32(22-25-43(39)47)31-11-7-10-30(26-31)29-20-23-34(46)24-21-29;1-45(2)40-16-7-6-14-36(40)37-15-9-17-43(44(37)45)47-41-24-20-33(29-10-4-3-5-11-29)27-38(41)39-28-34(21-25-42(39)47)32-13-8-12-31(26-32)30-18-22-35(46)23-19-30;1-39(2)34-14-5-3-11-30(34)32-13-8-16-37(38(32)39)41-35-15-6-4-12-31(35)33-24-28(19-22-36(33)41)27-10-7-9-26(23-27)25-17-20-29(40)21-18-25/h2*3-28H,1-2H3;3-24H,1-2H3. The van der Waals surface area contributed by atoms with Crippen LogP contribution in [0, 0.1) is 0 Å². The summed E-state index contributed by atoms with van der Waals surface area (Å²) in [5, 5.41) is 7.59. The number of nitrogens with zero attached hydrogens (tertiary/aromatic N) is 3. The Bertz CT molecular complexity index is 8720. The van der Waals surface area contributed by atoms with Gasteiger partial charge in [0.25, 0.3) is 0 Å². The monoisotopic (exact) mass is 1920 g/mol. The predicted octanol–water partition coefficient (Wildman–Crippen LogP) is 36.9. The van der Waals surface area contributed by atoms with Crippen molar-refractivity contribution in [2.45, 2.75) is 57.8 Å². The lowest BCUT2D eigenvalue weighted by Crippen LogP contribution is -2.18. The van der Waals surface area contributed by atoms with Crippen molar-refractivity contribution in [3.8, 4) is 139 Å². The lowest BCUT2D eigenvalue weighted by Gasteiger charge is -2.25.